The Labute approximate surface area is 124 Å². The molecule has 2 rings (SSSR count). The highest BCUT2D eigenvalue weighted by atomic mass is 79.9. The lowest BCUT2D eigenvalue weighted by atomic mass is 10.2. The monoisotopic (exact) mass is 339 g/mol. The van der Waals surface area contributed by atoms with Crippen LogP contribution in [0.3, 0.4) is 0 Å². The Morgan fingerprint density at radius 2 is 2.21 bits per heavy atom. The van der Waals surface area contributed by atoms with E-state index in [0.717, 1.165) is 14.2 Å². The van der Waals surface area contributed by atoms with Crippen LogP contribution in [-0.2, 0) is 11.3 Å². The fraction of sp³-hybridized carbons (Fsp3) is 0.214. The second-order valence-corrected chi connectivity index (χ2v) is 6.64. The van der Waals surface area contributed by atoms with Crippen LogP contribution in [0.4, 0.5) is 0 Å². The molecule has 1 heterocycles. The molecule has 1 aromatic heterocycles. The van der Waals surface area contributed by atoms with Gasteiger partial charge in [-0.05, 0) is 52.7 Å². The summed E-state index contributed by atoms with van der Waals surface area (Å²) in [5.74, 6) is 0.597. The van der Waals surface area contributed by atoms with Gasteiger partial charge in [-0.3, -0.25) is 4.79 Å². The minimum Gasteiger partial charge on any atom is -0.484 e. The minimum atomic E-state index is -0.119. The summed E-state index contributed by atoms with van der Waals surface area (Å²) in [5, 5.41) is 2.82. The van der Waals surface area contributed by atoms with Gasteiger partial charge in [0, 0.05) is 4.88 Å². The summed E-state index contributed by atoms with van der Waals surface area (Å²) in [6, 6.07) is 11.6. The maximum absolute atomic E-state index is 11.6. The molecule has 0 saturated carbocycles. The first-order valence-electron chi connectivity index (χ1n) is 5.84. The van der Waals surface area contributed by atoms with Gasteiger partial charge in [-0.15, -0.1) is 11.3 Å². The van der Waals surface area contributed by atoms with Crippen LogP contribution in [0.25, 0.3) is 0 Å². The first kappa shape index (κ1) is 14.1. The van der Waals surface area contributed by atoms with Gasteiger partial charge in [0.15, 0.2) is 6.61 Å². The summed E-state index contributed by atoms with van der Waals surface area (Å²) in [7, 11) is 0. The van der Waals surface area contributed by atoms with Gasteiger partial charge in [0.1, 0.15) is 5.75 Å². The summed E-state index contributed by atoms with van der Waals surface area (Å²) in [6.45, 7) is 2.56. The number of benzene rings is 1. The van der Waals surface area contributed by atoms with E-state index in [4.69, 9.17) is 4.74 Å². The fourth-order valence-electron chi connectivity index (χ4n) is 1.54. The van der Waals surface area contributed by atoms with E-state index in [2.05, 4.69) is 21.2 Å². The lowest BCUT2D eigenvalue weighted by Gasteiger charge is -2.07. The topological polar surface area (TPSA) is 38.3 Å². The molecule has 0 fully saturated rings. The molecule has 0 aliphatic rings. The van der Waals surface area contributed by atoms with Crippen molar-refractivity contribution in [1.29, 1.82) is 0 Å². The number of carbonyl (C=O) groups is 1. The van der Waals surface area contributed by atoms with Crippen LogP contribution in [-0.4, -0.2) is 12.5 Å². The van der Waals surface area contributed by atoms with E-state index in [1.807, 2.05) is 43.3 Å². The smallest absolute Gasteiger partial charge is 0.258 e. The quantitative estimate of drug-likeness (QED) is 0.905. The first-order valence-corrected chi connectivity index (χ1v) is 7.45. The third kappa shape index (κ3) is 4.69. The van der Waals surface area contributed by atoms with E-state index in [-0.39, 0.29) is 12.5 Å². The Bertz CT molecular complexity index is 568. The van der Waals surface area contributed by atoms with Crippen molar-refractivity contribution in [3.8, 4) is 5.75 Å². The number of thiophene rings is 1. The number of hydrogen-bond acceptors (Lipinski definition) is 3. The van der Waals surface area contributed by atoms with Crippen molar-refractivity contribution < 1.29 is 9.53 Å². The third-order valence-corrected chi connectivity index (χ3v) is 4.07. The van der Waals surface area contributed by atoms with Crippen LogP contribution in [0, 0.1) is 6.92 Å². The maximum Gasteiger partial charge on any atom is 0.258 e. The van der Waals surface area contributed by atoms with E-state index in [1.54, 1.807) is 11.3 Å². The molecule has 0 aliphatic carbocycles. The summed E-state index contributed by atoms with van der Waals surface area (Å²) < 4.78 is 6.49. The van der Waals surface area contributed by atoms with Gasteiger partial charge < -0.3 is 10.1 Å². The molecule has 0 saturated heterocycles. The summed E-state index contributed by atoms with van der Waals surface area (Å²) >= 11 is 5.00. The average molecular weight is 340 g/mol. The van der Waals surface area contributed by atoms with Gasteiger partial charge >= 0.3 is 0 Å². The van der Waals surface area contributed by atoms with Crippen molar-refractivity contribution in [3.63, 3.8) is 0 Å². The minimum absolute atomic E-state index is 0.0377. The van der Waals surface area contributed by atoms with Gasteiger partial charge in [-0.2, -0.15) is 0 Å². The van der Waals surface area contributed by atoms with Crippen LogP contribution in [0.1, 0.15) is 10.4 Å². The number of carbonyl (C=O) groups excluding carboxylic acids is 1. The van der Waals surface area contributed by atoms with E-state index in [9.17, 15) is 4.79 Å². The van der Waals surface area contributed by atoms with Gasteiger partial charge in [0.25, 0.3) is 5.91 Å². The maximum atomic E-state index is 11.6. The number of rotatable bonds is 5. The molecule has 1 N–H and O–H groups in total. The molecule has 1 amide bonds. The SMILES string of the molecule is Cc1cccc(OCC(=O)NCc2ccc(Br)s2)c1. The molecule has 0 radical (unpaired) electrons. The Morgan fingerprint density at radius 1 is 1.37 bits per heavy atom. The zero-order valence-corrected chi connectivity index (χ0v) is 12.9. The number of nitrogens with one attached hydrogen (secondary N) is 1. The number of hydrogen-bond donors (Lipinski definition) is 1. The normalized spacial score (nSPS) is 10.2. The molecule has 2 aromatic rings. The highest BCUT2D eigenvalue weighted by molar-refractivity contribution is 9.11. The molecule has 19 heavy (non-hydrogen) atoms. The largest absolute Gasteiger partial charge is 0.484 e. The van der Waals surface area contributed by atoms with Gasteiger partial charge in [-0.1, -0.05) is 12.1 Å². The van der Waals surface area contributed by atoms with Crippen LogP contribution in [0.5, 0.6) is 5.75 Å². The zero-order chi connectivity index (χ0) is 13.7. The average Bonchev–Trinajstić information content (AvgIpc) is 2.80. The Hall–Kier alpha value is -1.33. The van der Waals surface area contributed by atoms with Crippen molar-refractivity contribution in [1.82, 2.24) is 5.32 Å². The van der Waals surface area contributed by atoms with Crippen molar-refractivity contribution >= 4 is 33.2 Å². The van der Waals surface area contributed by atoms with Crippen LogP contribution in [0.15, 0.2) is 40.2 Å². The number of ether oxygens (including phenoxy) is 1. The standard InChI is InChI=1S/C14H14BrNO2S/c1-10-3-2-4-11(7-10)18-9-14(17)16-8-12-5-6-13(15)19-12/h2-7H,8-9H2,1H3,(H,16,17). The predicted molar refractivity (Wildman–Crippen MR) is 80.5 cm³/mol. The summed E-state index contributed by atoms with van der Waals surface area (Å²) in [4.78, 5) is 12.7. The van der Waals surface area contributed by atoms with Crippen LogP contribution in [0.2, 0.25) is 0 Å². The molecule has 5 heteroatoms. The molecule has 0 spiro atoms. The Balaban J connectivity index is 1.75. The number of halogens is 1. The van der Waals surface area contributed by atoms with Crippen molar-refractivity contribution in [3.05, 3.63) is 50.6 Å². The third-order valence-electron chi connectivity index (χ3n) is 2.45. The summed E-state index contributed by atoms with van der Waals surface area (Å²) in [6.07, 6.45) is 0. The van der Waals surface area contributed by atoms with E-state index < -0.39 is 0 Å². The summed E-state index contributed by atoms with van der Waals surface area (Å²) in [5.41, 5.74) is 1.11. The van der Waals surface area contributed by atoms with Crippen molar-refractivity contribution in [2.24, 2.45) is 0 Å². The molecule has 0 aliphatic heterocycles. The molecule has 0 atom stereocenters. The van der Waals surface area contributed by atoms with Gasteiger partial charge in [-0.25, -0.2) is 0 Å². The second kappa shape index (κ2) is 6.73. The molecule has 100 valence electrons. The Kier molecular flexibility index (Phi) is 4.99. The van der Waals surface area contributed by atoms with Gasteiger partial charge in [0.2, 0.25) is 0 Å². The molecule has 3 nitrogen and oxygen atoms in total. The number of aryl methyl sites for hydroxylation is 1. The van der Waals surface area contributed by atoms with E-state index in [0.29, 0.717) is 12.3 Å². The zero-order valence-electron chi connectivity index (χ0n) is 10.5. The number of amides is 1. The highest BCUT2D eigenvalue weighted by Gasteiger charge is 2.04. The lowest BCUT2D eigenvalue weighted by molar-refractivity contribution is -0.123. The first-order chi connectivity index (χ1) is 9.13. The van der Waals surface area contributed by atoms with Crippen molar-refractivity contribution in [2.45, 2.75) is 13.5 Å². The van der Waals surface area contributed by atoms with E-state index >= 15 is 0 Å². The Morgan fingerprint density at radius 3 is 2.89 bits per heavy atom. The molecular weight excluding hydrogens is 326 g/mol. The van der Waals surface area contributed by atoms with Crippen LogP contribution < -0.4 is 10.1 Å². The second-order valence-electron chi connectivity index (χ2n) is 4.09. The molecular formula is C14H14BrNO2S. The molecule has 0 bridgehead atoms. The highest BCUT2D eigenvalue weighted by Crippen LogP contribution is 2.21. The fourth-order valence-corrected chi connectivity index (χ4v) is 2.96. The predicted octanol–water partition coefficient (Wildman–Crippen LogP) is 3.51. The molecule has 0 unspecified atom stereocenters. The van der Waals surface area contributed by atoms with E-state index in [1.165, 1.54) is 0 Å². The van der Waals surface area contributed by atoms with Gasteiger partial charge in [0.05, 0.1) is 10.3 Å². The lowest BCUT2D eigenvalue weighted by Crippen LogP contribution is -2.28. The van der Waals surface area contributed by atoms with Crippen LogP contribution >= 0.6 is 27.3 Å². The molecule has 1 aromatic carbocycles. The van der Waals surface area contributed by atoms with Crippen molar-refractivity contribution in [2.75, 3.05) is 6.61 Å².